The third kappa shape index (κ3) is 55.8. The van der Waals surface area contributed by atoms with E-state index in [-0.39, 0.29) is 38.6 Å². The van der Waals surface area contributed by atoms with Gasteiger partial charge in [0.15, 0.2) is 6.10 Å². The molecule has 0 saturated carbocycles. The number of hydrogen-bond donors (Lipinski definition) is 2. The van der Waals surface area contributed by atoms with Crippen molar-refractivity contribution in [2.75, 3.05) is 26.4 Å². The van der Waals surface area contributed by atoms with Crippen LogP contribution in [0.5, 0.6) is 0 Å². The SMILES string of the molecule is CCCCCCC/C=C\C/C=C\CCCCCCCCCCCCCCCCCCCC(=O)OC(COC(=O)CCCCCCCCCCCCCCCCCCCCCC)COP(=O)(O)OCCN. The van der Waals surface area contributed by atoms with Crippen LogP contribution in [0.3, 0.4) is 0 Å². The highest BCUT2D eigenvalue weighted by Gasteiger charge is 2.26. The topological polar surface area (TPSA) is 134 Å². The van der Waals surface area contributed by atoms with Crippen molar-refractivity contribution >= 4 is 19.8 Å². The van der Waals surface area contributed by atoms with Crippen LogP contribution in [-0.2, 0) is 32.7 Å². The predicted molar refractivity (Wildman–Crippen MR) is 298 cm³/mol. The van der Waals surface area contributed by atoms with Crippen molar-refractivity contribution in [3.8, 4) is 0 Å². The number of ether oxygens (including phenoxy) is 2. The van der Waals surface area contributed by atoms with E-state index in [1.54, 1.807) is 0 Å². The van der Waals surface area contributed by atoms with Gasteiger partial charge in [0.1, 0.15) is 6.61 Å². The van der Waals surface area contributed by atoms with Crippen molar-refractivity contribution in [3.05, 3.63) is 24.3 Å². The zero-order chi connectivity index (χ0) is 51.0. The van der Waals surface area contributed by atoms with Crippen LogP contribution in [-0.4, -0.2) is 49.3 Å². The molecule has 0 aliphatic heterocycles. The summed E-state index contributed by atoms with van der Waals surface area (Å²) in [5.41, 5.74) is 5.39. The number of phosphoric ester groups is 1. The Morgan fingerprint density at radius 1 is 0.429 bits per heavy atom. The van der Waals surface area contributed by atoms with Gasteiger partial charge >= 0.3 is 19.8 Å². The number of unbranched alkanes of at least 4 members (excludes halogenated alkanes) is 41. The number of rotatable bonds is 58. The number of phosphoric acid groups is 1. The molecule has 0 radical (unpaired) electrons. The van der Waals surface area contributed by atoms with E-state index in [0.29, 0.717) is 6.42 Å². The van der Waals surface area contributed by atoms with Gasteiger partial charge in [-0.05, 0) is 44.9 Å². The molecule has 414 valence electrons. The van der Waals surface area contributed by atoms with Crippen LogP contribution in [0.25, 0.3) is 0 Å². The summed E-state index contributed by atoms with van der Waals surface area (Å²) in [6, 6.07) is 0. The smallest absolute Gasteiger partial charge is 0.462 e. The van der Waals surface area contributed by atoms with E-state index in [4.69, 9.17) is 24.3 Å². The van der Waals surface area contributed by atoms with E-state index in [1.165, 1.54) is 244 Å². The second kappa shape index (κ2) is 56.8. The van der Waals surface area contributed by atoms with Crippen LogP contribution >= 0.6 is 7.82 Å². The maximum absolute atomic E-state index is 12.7. The first kappa shape index (κ1) is 68.5. The van der Waals surface area contributed by atoms with Gasteiger partial charge in [0.2, 0.25) is 0 Å². The lowest BCUT2D eigenvalue weighted by Gasteiger charge is -2.19. The molecule has 0 saturated heterocycles. The number of carbonyl (C=O) groups is 2. The van der Waals surface area contributed by atoms with E-state index in [2.05, 4.69) is 38.2 Å². The van der Waals surface area contributed by atoms with E-state index in [1.807, 2.05) is 0 Å². The minimum Gasteiger partial charge on any atom is -0.462 e. The fourth-order valence-electron chi connectivity index (χ4n) is 9.08. The van der Waals surface area contributed by atoms with Gasteiger partial charge in [-0.15, -0.1) is 0 Å². The Morgan fingerprint density at radius 2 is 0.743 bits per heavy atom. The van der Waals surface area contributed by atoms with Gasteiger partial charge in [0.25, 0.3) is 0 Å². The summed E-state index contributed by atoms with van der Waals surface area (Å²) in [6.45, 7) is 3.80. The Hall–Kier alpha value is -1.51. The molecule has 0 aromatic heterocycles. The molecule has 0 rings (SSSR count). The fraction of sp³-hybridized carbons (Fsp3) is 0.900. The lowest BCUT2D eigenvalue weighted by molar-refractivity contribution is -0.161. The van der Waals surface area contributed by atoms with Crippen LogP contribution in [0, 0.1) is 0 Å². The molecule has 0 spiro atoms. The number of carbonyl (C=O) groups excluding carboxylic acids is 2. The summed E-state index contributed by atoms with van der Waals surface area (Å²) in [5.74, 6) is -0.807. The van der Waals surface area contributed by atoms with Gasteiger partial charge in [0, 0.05) is 19.4 Å². The molecule has 0 aliphatic rings. The Labute approximate surface area is 433 Å². The van der Waals surface area contributed by atoms with Crippen LogP contribution in [0.2, 0.25) is 0 Å². The second-order valence-electron chi connectivity index (χ2n) is 20.6. The normalized spacial score (nSPS) is 13.1. The third-order valence-electron chi connectivity index (χ3n) is 13.6. The standard InChI is InChI=1S/C60H116NO8P/c1-3-5-7-9-11-13-15-17-19-21-23-25-26-27-28-29-30-31-32-33-35-37-39-41-43-45-47-49-51-53-60(63)69-58(57-68-70(64,65)67-55-54-61)56-66-59(62)52-50-48-46-44-42-40-38-36-34-24-22-20-18-16-14-12-10-8-6-4-2/h15,17,21,23,58H,3-14,16,18-20,22,24-57,61H2,1-2H3,(H,64,65)/b17-15-,23-21-. The molecule has 10 heteroatoms. The highest BCUT2D eigenvalue weighted by Crippen LogP contribution is 2.43. The maximum atomic E-state index is 12.7. The molecular weight excluding hydrogens is 894 g/mol. The van der Waals surface area contributed by atoms with E-state index in [9.17, 15) is 19.0 Å². The summed E-state index contributed by atoms with van der Waals surface area (Å²) in [4.78, 5) is 35.2. The molecule has 0 bridgehead atoms. The highest BCUT2D eigenvalue weighted by molar-refractivity contribution is 7.47. The summed E-state index contributed by atoms with van der Waals surface area (Å²) in [5, 5.41) is 0. The molecule has 2 unspecified atom stereocenters. The van der Waals surface area contributed by atoms with Gasteiger partial charge in [-0.1, -0.05) is 282 Å². The zero-order valence-corrected chi connectivity index (χ0v) is 47.2. The average Bonchev–Trinajstić information content (AvgIpc) is 3.35. The molecule has 3 N–H and O–H groups in total. The van der Waals surface area contributed by atoms with Crippen molar-refractivity contribution in [1.82, 2.24) is 0 Å². The van der Waals surface area contributed by atoms with Crippen LogP contribution < -0.4 is 5.73 Å². The molecular formula is C60H116NO8P. The van der Waals surface area contributed by atoms with Gasteiger partial charge in [0.05, 0.1) is 13.2 Å². The minimum atomic E-state index is -4.38. The fourth-order valence-corrected chi connectivity index (χ4v) is 9.85. The third-order valence-corrected chi connectivity index (χ3v) is 14.6. The van der Waals surface area contributed by atoms with Crippen LogP contribution in [0.4, 0.5) is 0 Å². The molecule has 0 fully saturated rings. The van der Waals surface area contributed by atoms with Crippen molar-refractivity contribution in [1.29, 1.82) is 0 Å². The quantitative estimate of drug-likeness (QED) is 0.0264. The van der Waals surface area contributed by atoms with Crippen LogP contribution in [0.15, 0.2) is 24.3 Å². The molecule has 0 aromatic rings. The summed E-state index contributed by atoms with van der Waals surface area (Å²) >= 11 is 0. The van der Waals surface area contributed by atoms with Crippen molar-refractivity contribution in [2.45, 2.75) is 322 Å². The molecule has 0 aromatic carbocycles. The van der Waals surface area contributed by atoms with Crippen LogP contribution in [0.1, 0.15) is 316 Å². The lowest BCUT2D eigenvalue weighted by atomic mass is 10.0. The van der Waals surface area contributed by atoms with Crippen molar-refractivity contribution in [2.24, 2.45) is 5.73 Å². The molecule has 0 amide bonds. The number of nitrogens with two attached hydrogens (primary N) is 1. The Kier molecular flexibility index (Phi) is 55.6. The summed E-state index contributed by atoms with van der Waals surface area (Å²) in [6.07, 6.45) is 66.7. The minimum absolute atomic E-state index is 0.0566. The first-order chi connectivity index (χ1) is 34.3. The monoisotopic (exact) mass is 1010 g/mol. The Balaban J connectivity index is 3.89. The van der Waals surface area contributed by atoms with E-state index >= 15 is 0 Å². The van der Waals surface area contributed by atoms with Gasteiger partial charge in [-0.25, -0.2) is 4.57 Å². The largest absolute Gasteiger partial charge is 0.472 e. The Bertz CT molecular complexity index is 1200. The number of hydrogen-bond acceptors (Lipinski definition) is 8. The van der Waals surface area contributed by atoms with Crippen molar-refractivity contribution < 1.29 is 37.6 Å². The van der Waals surface area contributed by atoms with E-state index in [0.717, 1.165) is 38.5 Å². The van der Waals surface area contributed by atoms with Gasteiger partial charge < -0.3 is 20.1 Å². The predicted octanol–water partition coefficient (Wildman–Crippen LogP) is 19.0. The number of allylic oxidation sites excluding steroid dienone is 4. The second-order valence-corrected chi connectivity index (χ2v) is 22.0. The molecule has 70 heavy (non-hydrogen) atoms. The molecule has 9 nitrogen and oxygen atoms in total. The number of esters is 2. The molecule has 0 heterocycles. The highest BCUT2D eigenvalue weighted by atomic mass is 31.2. The Morgan fingerprint density at radius 3 is 1.09 bits per heavy atom. The summed E-state index contributed by atoms with van der Waals surface area (Å²) in [7, 11) is -4.38. The molecule has 0 aliphatic carbocycles. The molecule has 2 atom stereocenters. The van der Waals surface area contributed by atoms with Crippen molar-refractivity contribution in [3.63, 3.8) is 0 Å². The van der Waals surface area contributed by atoms with E-state index < -0.39 is 26.5 Å². The van der Waals surface area contributed by atoms with Gasteiger partial charge in [-0.2, -0.15) is 0 Å². The first-order valence-electron chi connectivity index (χ1n) is 30.3. The lowest BCUT2D eigenvalue weighted by Crippen LogP contribution is -2.29. The maximum Gasteiger partial charge on any atom is 0.472 e. The zero-order valence-electron chi connectivity index (χ0n) is 46.3. The summed E-state index contributed by atoms with van der Waals surface area (Å²) < 4.78 is 33.1. The first-order valence-corrected chi connectivity index (χ1v) is 31.8. The van der Waals surface area contributed by atoms with Gasteiger partial charge in [-0.3, -0.25) is 18.6 Å². The average molecular weight is 1010 g/mol.